The van der Waals surface area contributed by atoms with Gasteiger partial charge < -0.3 is 5.73 Å². The predicted molar refractivity (Wildman–Crippen MR) is 90.3 cm³/mol. The van der Waals surface area contributed by atoms with Gasteiger partial charge in [0.1, 0.15) is 5.79 Å². The van der Waals surface area contributed by atoms with Crippen molar-refractivity contribution in [1.82, 2.24) is 20.9 Å². The lowest BCUT2D eigenvalue weighted by Crippen LogP contribution is -2.85. The second kappa shape index (κ2) is 4.82. The zero-order valence-electron chi connectivity index (χ0n) is 11.5. The SMILES string of the molecule is CC1(N)NC(N)(S)NC(S)(c2ccc3ccccc3n2)N1. The Morgan fingerprint density at radius 3 is 2.43 bits per heavy atom. The first-order valence-corrected chi connectivity index (χ1v) is 7.35. The summed E-state index contributed by atoms with van der Waals surface area (Å²) in [5, 5.41) is 8.95. The summed E-state index contributed by atoms with van der Waals surface area (Å²) in [4.78, 5) is 3.61. The molecule has 0 amide bonds. The Labute approximate surface area is 133 Å². The van der Waals surface area contributed by atoms with E-state index >= 15 is 0 Å². The molecular weight excluding hydrogens is 304 g/mol. The van der Waals surface area contributed by atoms with Gasteiger partial charge in [-0.25, -0.2) is 15.6 Å². The number of pyridine rings is 1. The molecule has 1 saturated heterocycles. The number of rotatable bonds is 1. The predicted octanol–water partition coefficient (Wildman–Crippen LogP) is 0.190. The fourth-order valence-electron chi connectivity index (χ4n) is 2.54. The van der Waals surface area contributed by atoms with E-state index in [1.165, 1.54) is 0 Å². The summed E-state index contributed by atoms with van der Waals surface area (Å²) in [5.41, 5.74) is 13.7. The molecule has 112 valence electrons. The van der Waals surface area contributed by atoms with Crippen molar-refractivity contribution in [2.45, 2.75) is 22.8 Å². The van der Waals surface area contributed by atoms with Gasteiger partial charge in [0.25, 0.3) is 0 Å². The number of thiol groups is 2. The second-order valence-electron chi connectivity index (χ2n) is 5.44. The fourth-order valence-corrected chi connectivity index (χ4v) is 3.56. The first kappa shape index (κ1) is 15.0. The lowest BCUT2D eigenvalue weighted by atomic mass is 10.1. The summed E-state index contributed by atoms with van der Waals surface area (Å²) in [7, 11) is 0. The molecule has 3 atom stereocenters. The molecule has 1 aromatic heterocycles. The number of hydrogen-bond donors (Lipinski definition) is 7. The Morgan fingerprint density at radius 2 is 1.71 bits per heavy atom. The average Bonchev–Trinajstić information content (AvgIpc) is 2.34. The zero-order valence-corrected chi connectivity index (χ0v) is 13.2. The van der Waals surface area contributed by atoms with E-state index in [0.29, 0.717) is 5.69 Å². The molecule has 1 fully saturated rings. The van der Waals surface area contributed by atoms with Gasteiger partial charge in [-0.05, 0) is 19.1 Å². The number of nitrogens with one attached hydrogen (secondary N) is 3. The van der Waals surface area contributed by atoms with E-state index < -0.39 is 15.9 Å². The van der Waals surface area contributed by atoms with Crippen LogP contribution in [0.1, 0.15) is 12.6 Å². The average molecular weight is 322 g/mol. The minimum Gasteiger partial charge on any atom is -0.301 e. The molecule has 0 saturated carbocycles. The largest absolute Gasteiger partial charge is 0.301 e. The van der Waals surface area contributed by atoms with Crippen molar-refractivity contribution < 1.29 is 0 Å². The van der Waals surface area contributed by atoms with E-state index in [4.69, 9.17) is 11.5 Å². The number of para-hydroxylation sites is 1. The van der Waals surface area contributed by atoms with Crippen molar-refractivity contribution in [3.8, 4) is 0 Å². The first-order valence-electron chi connectivity index (χ1n) is 6.46. The van der Waals surface area contributed by atoms with E-state index in [2.05, 4.69) is 46.2 Å². The van der Waals surface area contributed by atoms with Crippen molar-refractivity contribution in [1.29, 1.82) is 0 Å². The highest BCUT2D eigenvalue weighted by molar-refractivity contribution is 7.82. The van der Waals surface area contributed by atoms with Gasteiger partial charge >= 0.3 is 0 Å². The van der Waals surface area contributed by atoms with Crippen LogP contribution in [0.4, 0.5) is 0 Å². The summed E-state index contributed by atoms with van der Waals surface area (Å²) in [5.74, 6) is -0.961. The van der Waals surface area contributed by atoms with Crippen LogP contribution < -0.4 is 27.4 Å². The van der Waals surface area contributed by atoms with Gasteiger partial charge in [0.15, 0.2) is 10.1 Å². The number of benzene rings is 1. The van der Waals surface area contributed by atoms with Gasteiger partial charge in [-0.3, -0.25) is 11.1 Å². The number of fused-ring (bicyclic) bond motifs is 1. The highest BCUT2D eigenvalue weighted by Gasteiger charge is 2.47. The normalized spacial score (nSPS) is 36.8. The molecule has 3 rings (SSSR count). The molecular formula is C13H18N6S2. The van der Waals surface area contributed by atoms with Crippen LogP contribution in [0.5, 0.6) is 0 Å². The monoisotopic (exact) mass is 322 g/mol. The number of nitrogens with two attached hydrogens (primary N) is 2. The zero-order chi connectivity index (χ0) is 15.3. The third-order valence-corrected chi connectivity index (χ3v) is 3.91. The van der Waals surface area contributed by atoms with Gasteiger partial charge in [-0.15, -0.1) is 25.3 Å². The van der Waals surface area contributed by atoms with E-state index in [1.54, 1.807) is 6.92 Å². The van der Waals surface area contributed by atoms with E-state index in [9.17, 15) is 0 Å². The molecule has 8 heteroatoms. The number of nitrogens with zero attached hydrogens (tertiary/aromatic N) is 1. The van der Waals surface area contributed by atoms with Gasteiger partial charge in [-0.2, -0.15) is 0 Å². The Kier molecular flexibility index (Phi) is 3.45. The molecule has 6 nitrogen and oxygen atoms in total. The van der Waals surface area contributed by atoms with Crippen LogP contribution in [0.2, 0.25) is 0 Å². The molecule has 0 spiro atoms. The number of aromatic nitrogens is 1. The van der Waals surface area contributed by atoms with Crippen LogP contribution in [0.25, 0.3) is 10.9 Å². The smallest absolute Gasteiger partial charge is 0.172 e. The molecule has 0 radical (unpaired) electrons. The van der Waals surface area contributed by atoms with Crippen LogP contribution >= 0.6 is 25.3 Å². The summed E-state index contributed by atoms with van der Waals surface area (Å²) in [6, 6.07) is 11.7. The maximum absolute atomic E-state index is 6.11. The maximum atomic E-state index is 6.11. The molecule has 0 bridgehead atoms. The fraction of sp³-hybridized carbons (Fsp3) is 0.308. The molecule has 2 aromatic rings. The quantitative estimate of drug-likeness (QED) is 0.299. The molecule has 21 heavy (non-hydrogen) atoms. The van der Waals surface area contributed by atoms with Crippen LogP contribution in [0.15, 0.2) is 36.4 Å². The highest BCUT2D eigenvalue weighted by atomic mass is 32.1. The highest BCUT2D eigenvalue weighted by Crippen LogP contribution is 2.29. The number of hydrogen-bond acceptors (Lipinski definition) is 8. The van der Waals surface area contributed by atoms with Gasteiger partial charge in [-0.1, -0.05) is 24.3 Å². The van der Waals surface area contributed by atoms with E-state index in [0.717, 1.165) is 10.9 Å². The molecule has 0 aliphatic carbocycles. The molecule has 2 heterocycles. The summed E-state index contributed by atoms with van der Waals surface area (Å²) >= 11 is 8.99. The van der Waals surface area contributed by atoms with Crippen molar-refractivity contribution in [2.75, 3.05) is 0 Å². The molecule has 3 unspecified atom stereocenters. The van der Waals surface area contributed by atoms with Crippen LogP contribution in [0.3, 0.4) is 0 Å². The van der Waals surface area contributed by atoms with E-state index in [1.807, 2.05) is 36.4 Å². The minimum absolute atomic E-state index is 0.659. The lowest BCUT2D eigenvalue weighted by molar-refractivity contribution is 0.0951. The van der Waals surface area contributed by atoms with Crippen molar-refractivity contribution in [3.05, 3.63) is 42.1 Å². The van der Waals surface area contributed by atoms with Crippen molar-refractivity contribution >= 4 is 36.2 Å². The first-order chi connectivity index (χ1) is 9.69. The molecule has 1 aliphatic rings. The molecule has 7 N–H and O–H groups in total. The van der Waals surface area contributed by atoms with Crippen molar-refractivity contribution in [3.63, 3.8) is 0 Å². The summed E-state index contributed by atoms with van der Waals surface area (Å²) in [6.07, 6.45) is 0. The van der Waals surface area contributed by atoms with Crippen LogP contribution in [0, 0.1) is 0 Å². The van der Waals surface area contributed by atoms with Crippen molar-refractivity contribution in [2.24, 2.45) is 11.5 Å². The standard InChI is InChI=1S/C13H18N6S2/c1-11(14)17-12(20,19-13(15,21)18-11)10-7-6-8-4-2-3-5-9(8)16-10/h2-7,17-21H,14-15H2,1H3. The third-order valence-electron chi connectivity index (χ3n) is 3.23. The Bertz CT molecular complexity index is 671. The van der Waals surface area contributed by atoms with Gasteiger partial charge in [0, 0.05) is 5.39 Å². The molecule has 1 aromatic carbocycles. The maximum Gasteiger partial charge on any atom is 0.172 e. The van der Waals surface area contributed by atoms with Crippen LogP contribution in [-0.4, -0.2) is 15.9 Å². The molecule has 1 aliphatic heterocycles. The Morgan fingerprint density at radius 1 is 1.00 bits per heavy atom. The third kappa shape index (κ3) is 3.02. The van der Waals surface area contributed by atoms with E-state index in [-0.39, 0.29) is 0 Å². The Balaban J connectivity index is 2.07. The van der Waals surface area contributed by atoms with Gasteiger partial charge in [0.2, 0.25) is 0 Å². The minimum atomic E-state index is -1.19. The van der Waals surface area contributed by atoms with Gasteiger partial charge in [0.05, 0.1) is 11.2 Å². The Hall–Kier alpha value is -0.870. The summed E-state index contributed by atoms with van der Waals surface area (Å²) in [6.45, 7) is 1.75. The lowest BCUT2D eigenvalue weighted by Gasteiger charge is -2.51. The van der Waals surface area contributed by atoms with Crippen LogP contribution in [-0.2, 0) is 4.99 Å². The topological polar surface area (TPSA) is 101 Å². The second-order valence-corrected chi connectivity index (χ2v) is 6.82. The summed E-state index contributed by atoms with van der Waals surface area (Å²) < 4.78 is 0.